The Morgan fingerprint density at radius 1 is 1.11 bits per heavy atom. The van der Waals surface area contributed by atoms with Gasteiger partial charge in [-0.1, -0.05) is 59.0 Å². The lowest BCUT2D eigenvalue weighted by atomic mass is 9.64. The summed E-state index contributed by atoms with van der Waals surface area (Å²) in [5.41, 5.74) is 2.22. The maximum Gasteiger partial charge on any atom is 0.240 e. The predicted octanol–water partition coefficient (Wildman–Crippen LogP) is 5.82. The number of ether oxygens (including phenoxy) is 1. The van der Waals surface area contributed by atoms with E-state index in [9.17, 15) is 0 Å². The molecule has 0 radical (unpaired) electrons. The van der Waals surface area contributed by atoms with Crippen molar-refractivity contribution in [3.8, 4) is 5.75 Å². The molecule has 186 valence electrons. The molecule has 1 saturated heterocycles. The molecule has 0 atom stereocenters. The number of piperidine rings is 1. The molecule has 6 nitrogen and oxygen atoms in total. The van der Waals surface area contributed by atoms with Crippen LogP contribution in [0, 0.1) is 0 Å². The first-order valence-corrected chi connectivity index (χ1v) is 13.2. The number of hydrogen-bond acceptors (Lipinski definition) is 6. The van der Waals surface area contributed by atoms with E-state index in [1.54, 1.807) is 7.11 Å². The molecule has 2 heterocycles. The number of rotatable bonds is 9. The third kappa shape index (κ3) is 5.21. The lowest BCUT2D eigenvalue weighted by Gasteiger charge is -2.39. The van der Waals surface area contributed by atoms with Gasteiger partial charge in [0.1, 0.15) is 5.75 Å². The van der Waals surface area contributed by atoms with E-state index in [4.69, 9.17) is 37.4 Å². The van der Waals surface area contributed by atoms with Crippen LogP contribution in [0.1, 0.15) is 60.9 Å². The molecule has 2 fully saturated rings. The van der Waals surface area contributed by atoms with Crippen LogP contribution in [0.15, 0.2) is 47.0 Å². The second-order valence-electron chi connectivity index (χ2n) is 9.61. The molecule has 2 aliphatic rings. The summed E-state index contributed by atoms with van der Waals surface area (Å²) in [6, 6.07) is 14.2. The first-order chi connectivity index (χ1) is 17.1. The van der Waals surface area contributed by atoms with Crippen molar-refractivity contribution in [1.29, 1.82) is 0 Å². The van der Waals surface area contributed by atoms with Crippen molar-refractivity contribution in [2.75, 3.05) is 33.3 Å². The van der Waals surface area contributed by atoms with E-state index < -0.39 is 0 Å². The summed E-state index contributed by atoms with van der Waals surface area (Å²) in [6.45, 7) is 4.66. The largest absolute Gasteiger partial charge is 0.496 e. The summed E-state index contributed by atoms with van der Waals surface area (Å²) in [5, 5.41) is 8.93. The molecule has 1 aliphatic heterocycles. The van der Waals surface area contributed by atoms with Crippen LogP contribution in [0.25, 0.3) is 0 Å². The van der Waals surface area contributed by atoms with E-state index >= 15 is 0 Å². The molecule has 1 aliphatic carbocycles. The van der Waals surface area contributed by atoms with Crippen molar-refractivity contribution in [3.63, 3.8) is 0 Å². The number of hydrogen-bond donors (Lipinski definition) is 1. The fraction of sp³-hybridized carbons (Fsp3) is 0.481. The third-order valence-electron chi connectivity index (χ3n) is 7.62. The van der Waals surface area contributed by atoms with Crippen LogP contribution in [0.3, 0.4) is 0 Å². The van der Waals surface area contributed by atoms with E-state index in [2.05, 4.69) is 33.6 Å². The Morgan fingerprint density at radius 2 is 1.91 bits per heavy atom. The van der Waals surface area contributed by atoms with E-state index in [1.807, 2.05) is 24.3 Å². The molecule has 35 heavy (non-hydrogen) atoms. The van der Waals surface area contributed by atoms with E-state index in [0.29, 0.717) is 28.4 Å². The van der Waals surface area contributed by atoms with Crippen molar-refractivity contribution < 1.29 is 9.26 Å². The van der Waals surface area contributed by atoms with Gasteiger partial charge in [0, 0.05) is 13.1 Å². The van der Waals surface area contributed by atoms with Crippen LogP contribution in [-0.2, 0) is 12.0 Å². The zero-order chi connectivity index (χ0) is 24.3. The molecule has 8 heteroatoms. The SMILES string of the molecule is COc1ccccc1C1CCN(CCNCc2nc(C3(c4ccc(Cl)c(Cl)c4)CCC3)no2)CC1. The molecular weight excluding hydrogens is 483 g/mol. The summed E-state index contributed by atoms with van der Waals surface area (Å²) < 4.78 is 11.2. The Balaban J connectivity index is 1.10. The molecular formula is C27H32Cl2N4O2. The van der Waals surface area contributed by atoms with Gasteiger partial charge in [0.25, 0.3) is 0 Å². The quantitative estimate of drug-likeness (QED) is 0.362. The Hall–Kier alpha value is -2.12. The monoisotopic (exact) mass is 514 g/mol. The number of aromatic nitrogens is 2. The topological polar surface area (TPSA) is 63.4 Å². The Bertz CT molecular complexity index is 1140. The maximum absolute atomic E-state index is 6.28. The number of nitrogens with zero attached hydrogens (tertiary/aromatic N) is 3. The molecule has 0 spiro atoms. The summed E-state index contributed by atoms with van der Waals surface area (Å²) in [7, 11) is 1.76. The number of likely N-dealkylation sites (tertiary alicyclic amines) is 1. The highest BCUT2D eigenvalue weighted by atomic mass is 35.5. The minimum Gasteiger partial charge on any atom is -0.496 e. The van der Waals surface area contributed by atoms with Gasteiger partial charge in [0.2, 0.25) is 5.89 Å². The predicted molar refractivity (Wildman–Crippen MR) is 139 cm³/mol. The van der Waals surface area contributed by atoms with Gasteiger partial charge in [-0.25, -0.2) is 0 Å². The molecule has 0 bridgehead atoms. The second kappa shape index (κ2) is 10.9. The smallest absolute Gasteiger partial charge is 0.240 e. The van der Waals surface area contributed by atoms with Crippen molar-refractivity contribution in [1.82, 2.24) is 20.4 Å². The maximum atomic E-state index is 6.28. The van der Waals surface area contributed by atoms with Crippen LogP contribution in [0.2, 0.25) is 10.0 Å². The Kier molecular flexibility index (Phi) is 7.63. The van der Waals surface area contributed by atoms with E-state index in [0.717, 1.165) is 75.4 Å². The number of nitrogens with one attached hydrogen (secondary N) is 1. The van der Waals surface area contributed by atoms with Crippen molar-refractivity contribution in [3.05, 3.63) is 75.4 Å². The molecule has 1 aromatic heterocycles. The second-order valence-corrected chi connectivity index (χ2v) is 10.4. The van der Waals surface area contributed by atoms with Gasteiger partial charge in [-0.15, -0.1) is 0 Å². The summed E-state index contributed by atoms with van der Waals surface area (Å²) in [5.74, 6) is 2.95. The van der Waals surface area contributed by atoms with Crippen LogP contribution in [0.4, 0.5) is 0 Å². The lowest BCUT2D eigenvalue weighted by Crippen LogP contribution is -2.38. The van der Waals surface area contributed by atoms with Gasteiger partial charge in [0.05, 0.1) is 29.1 Å². The highest BCUT2D eigenvalue weighted by Gasteiger charge is 2.44. The Morgan fingerprint density at radius 3 is 2.63 bits per heavy atom. The van der Waals surface area contributed by atoms with Gasteiger partial charge in [-0.3, -0.25) is 0 Å². The van der Waals surface area contributed by atoms with Gasteiger partial charge < -0.3 is 19.5 Å². The molecule has 2 aromatic carbocycles. The number of para-hydroxylation sites is 1. The fourth-order valence-corrected chi connectivity index (χ4v) is 5.69. The van der Waals surface area contributed by atoms with E-state index in [1.165, 1.54) is 5.56 Å². The summed E-state index contributed by atoms with van der Waals surface area (Å²) in [6.07, 6.45) is 5.43. The molecule has 3 aromatic rings. The average Bonchev–Trinajstić information content (AvgIpc) is 3.32. The van der Waals surface area contributed by atoms with Gasteiger partial charge in [-0.2, -0.15) is 4.98 Å². The van der Waals surface area contributed by atoms with Crippen LogP contribution < -0.4 is 10.1 Å². The van der Waals surface area contributed by atoms with Gasteiger partial charge in [-0.05, 0) is 74.0 Å². The lowest BCUT2D eigenvalue weighted by molar-refractivity contribution is 0.210. The fourth-order valence-electron chi connectivity index (χ4n) is 5.39. The number of methoxy groups -OCH3 is 1. The first kappa shape index (κ1) is 24.6. The van der Waals surface area contributed by atoms with Crippen LogP contribution >= 0.6 is 23.2 Å². The third-order valence-corrected chi connectivity index (χ3v) is 8.36. The Labute approximate surface area is 216 Å². The molecule has 0 amide bonds. The summed E-state index contributed by atoms with van der Waals surface area (Å²) >= 11 is 12.4. The van der Waals surface area contributed by atoms with Crippen molar-refractivity contribution >= 4 is 23.2 Å². The number of benzene rings is 2. The molecule has 1 saturated carbocycles. The normalized spacial score (nSPS) is 18.4. The summed E-state index contributed by atoms with van der Waals surface area (Å²) in [4.78, 5) is 7.25. The van der Waals surface area contributed by atoms with Crippen LogP contribution in [0.5, 0.6) is 5.75 Å². The average molecular weight is 515 g/mol. The molecule has 0 unspecified atom stereocenters. The van der Waals surface area contributed by atoms with Crippen molar-refractivity contribution in [2.24, 2.45) is 0 Å². The molecule has 5 rings (SSSR count). The zero-order valence-corrected chi connectivity index (χ0v) is 21.6. The highest BCUT2D eigenvalue weighted by Crippen LogP contribution is 2.48. The highest BCUT2D eigenvalue weighted by molar-refractivity contribution is 6.42. The van der Waals surface area contributed by atoms with Gasteiger partial charge >= 0.3 is 0 Å². The number of halogens is 2. The molecule has 1 N–H and O–H groups in total. The van der Waals surface area contributed by atoms with Crippen molar-refractivity contribution in [2.45, 2.75) is 50.0 Å². The van der Waals surface area contributed by atoms with Gasteiger partial charge in [0.15, 0.2) is 5.82 Å². The van der Waals surface area contributed by atoms with E-state index in [-0.39, 0.29) is 5.41 Å². The van der Waals surface area contributed by atoms with Crippen LogP contribution in [-0.4, -0.2) is 48.3 Å². The standard InChI is InChI=1S/C27H32Cl2N4O2/c1-34-24-6-3-2-5-21(24)19-9-14-33(15-10-19)16-13-30-18-25-31-26(32-35-25)27(11-4-12-27)20-7-8-22(28)23(29)17-20/h2-3,5-8,17,19,30H,4,9-16,18H2,1H3. The first-order valence-electron chi connectivity index (χ1n) is 12.4. The minimum atomic E-state index is -0.220. The minimum absolute atomic E-state index is 0.220. The zero-order valence-electron chi connectivity index (χ0n) is 20.1.